The van der Waals surface area contributed by atoms with Gasteiger partial charge in [0.05, 0.1) is 13.2 Å². The first-order valence-electron chi connectivity index (χ1n) is 8.27. The third-order valence-corrected chi connectivity index (χ3v) is 4.55. The van der Waals surface area contributed by atoms with Crippen LogP contribution in [0.5, 0.6) is 0 Å². The number of hydrogen-bond acceptors (Lipinski definition) is 5. The molecule has 4 rings (SSSR count). The van der Waals surface area contributed by atoms with Crippen molar-refractivity contribution in [3.63, 3.8) is 0 Å². The van der Waals surface area contributed by atoms with Crippen molar-refractivity contribution in [1.29, 1.82) is 0 Å². The van der Waals surface area contributed by atoms with Crippen LogP contribution in [0.4, 0.5) is 11.6 Å². The van der Waals surface area contributed by atoms with E-state index < -0.39 is 6.10 Å². The summed E-state index contributed by atoms with van der Waals surface area (Å²) in [5.41, 5.74) is 3.25. The molecule has 1 aromatic carbocycles. The Kier molecular flexibility index (Phi) is 3.90. The lowest BCUT2D eigenvalue weighted by Crippen LogP contribution is -2.51. The number of morpholine rings is 1. The number of ether oxygens (including phenoxy) is 1. The van der Waals surface area contributed by atoms with E-state index in [-0.39, 0.29) is 5.91 Å². The summed E-state index contributed by atoms with van der Waals surface area (Å²) < 4.78 is 5.75. The molecule has 0 radical (unpaired) electrons. The fraction of sp³-hybridized carbons (Fsp3) is 0.389. The molecule has 1 saturated heterocycles. The zero-order valence-electron chi connectivity index (χ0n) is 13.7. The molecule has 0 spiro atoms. The first-order valence-corrected chi connectivity index (χ1v) is 8.27. The summed E-state index contributed by atoms with van der Waals surface area (Å²) in [5, 5.41) is 0. The van der Waals surface area contributed by atoms with Crippen LogP contribution in [0.25, 0.3) is 0 Å². The summed E-state index contributed by atoms with van der Waals surface area (Å²) in [6.07, 6.45) is 4.02. The summed E-state index contributed by atoms with van der Waals surface area (Å²) in [6.45, 7) is 4.37. The maximum absolute atomic E-state index is 12.9. The fourth-order valence-electron chi connectivity index (χ4n) is 3.27. The van der Waals surface area contributed by atoms with Gasteiger partial charge in [0.15, 0.2) is 6.10 Å². The van der Waals surface area contributed by atoms with Crippen molar-refractivity contribution >= 4 is 17.5 Å². The number of carbonyl (C=O) groups is 1. The van der Waals surface area contributed by atoms with Crippen molar-refractivity contribution in [2.45, 2.75) is 19.4 Å². The zero-order chi connectivity index (χ0) is 16.5. The molecule has 1 atom stereocenters. The smallest absolute Gasteiger partial charge is 0.257 e. The van der Waals surface area contributed by atoms with E-state index in [0.717, 1.165) is 24.2 Å². The number of nitrogens with zero attached hydrogens (tertiary/aromatic N) is 4. The molecule has 6 heteroatoms. The maximum Gasteiger partial charge on any atom is 0.257 e. The van der Waals surface area contributed by atoms with Crippen molar-refractivity contribution in [2.24, 2.45) is 0 Å². The van der Waals surface area contributed by atoms with E-state index in [1.54, 1.807) is 12.4 Å². The average Bonchev–Trinajstić information content (AvgIpc) is 3.06. The summed E-state index contributed by atoms with van der Waals surface area (Å²) in [5.74, 6) is 0.681. The highest BCUT2D eigenvalue weighted by Crippen LogP contribution is 2.28. The highest BCUT2D eigenvalue weighted by atomic mass is 16.5. The lowest BCUT2D eigenvalue weighted by molar-refractivity contribution is -0.130. The largest absolute Gasteiger partial charge is 0.365 e. The van der Waals surface area contributed by atoms with Crippen LogP contribution in [0.3, 0.4) is 0 Å². The van der Waals surface area contributed by atoms with Crippen molar-refractivity contribution in [1.82, 2.24) is 9.97 Å². The van der Waals surface area contributed by atoms with Gasteiger partial charge in [-0.15, -0.1) is 0 Å². The summed E-state index contributed by atoms with van der Waals surface area (Å²) in [4.78, 5) is 25.5. The molecule has 2 aliphatic rings. The molecular formula is C18H20N4O2. The zero-order valence-corrected chi connectivity index (χ0v) is 13.7. The van der Waals surface area contributed by atoms with Crippen molar-refractivity contribution < 1.29 is 9.53 Å². The Morgan fingerprint density at radius 2 is 2.00 bits per heavy atom. The molecule has 1 fully saturated rings. The quantitative estimate of drug-likeness (QED) is 0.839. The number of rotatable bonds is 2. The predicted molar refractivity (Wildman–Crippen MR) is 91.2 cm³/mol. The lowest BCUT2D eigenvalue weighted by atomic mass is 10.2. The third kappa shape index (κ3) is 2.73. The molecule has 2 aromatic rings. The number of anilines is 2. The Morgan fingerprint density at radius 1 is 1.21 bits per heavy atom. The Balaban J connectivity index is 1.50. The minimum Gasteiger partial charge on any atom is -0.365 e. The van der Waals surface area contributed by atoms with E-state index in [2.05, 4.69) is 16.0 Å². The van der Waals surface area contributed by atoms with Gasteiger partial charge >= 0.3 is 0 Å². The van der Waals surface area contributed by atoms with Crippen LogP contribution in [0.1, 0.15) is 11.1 Å². The Hall–Kier alpha value is -2.47. The van der Waals surface area contributed by atoms with Gasteiger partial charge in [0.25, 0.3) is 5.91 Å². The molecule has 0 N–H and O–H groups in total. The van der Waals surface area contributed by atoms with Gasteiger partial charge in [-0.05, 0) is 30.5 Å². The van der Waals surface area contributed by atoms with Crippen LogP contribution >= 0.6 is 0 Å². The number of carbonyl (C=O) groups excluding carboxylic acids is 1. The average molecular weight is 324 g/mol. The maximum atomic E-state index is 12.9. The Bertz CT molecular complexity index is 747. The first-order chi connectivity index (χ1) is 11.7. The predicted octanol–water partition coefficient (Wildman–Crippen LogP) is 1.58. The summed E-state index contributed by atoms with van der Waals surface area (Å²) in [7, 11) is 0. The molecule has 1 amide bonds. The van der Waals surface area contributed by atoms with Gasteiger partial charge in [-0.3, -0.25) is 4.79 Å². The fourth-order valence-corrected chi connectivity index (χ4v) is 3.27. The van der Waals surface area contributed by atoms with E-state index in [1.807, 2.05) is 34.9 Å². The molecule has 6 nitrogen and oxygen atoms in total. The minimum atomic E-state index is -0.477. The van der Waals surface area contributed by atoms with Gasteiger partial charge in [0, 0.05) is 31.2 Å². The van der Waals surface area contributed by atoms with Gasteiger partial charge < -0.3 is 14.5 Å². The van der Waals surface area contributed by atoms with Gasteiger partial charge in [-0.2, -0.15) is 0 Å². The van der Waals surface area contributed by atoms with Gasteiger partial charge in [0.2, 0.25) is 5.95 Å². The van der Waals surface area contributed by atoms with Crippen LogP contribution in [0, 0.1) is 6.92 Å². The highest BCUT2D eigenvalue weighted by molar-refractivity contribution is 5.98. The first kappa shape index (κ1) is 15.1. The number of benzene rings is 1. The summed E-state index contributed by atoms with van der Waals surface area (Å²) >= 11 is 0. The normalized spacial score (nSPS) is 20.1. The van der Waals surface area contributed by atoms with Crippen LogP contribution in [-0.4, -0.2) is 48.2 Å². The SMILES string of the molecule is Cc1cnc(N2CCOC(C(=O)N3CCc4ccccc43)C2)nc1. The standard InChI is InChI=1S/C18H20N4O2/c1-13-10-19-18(20-11-13)21-8-9-24-16(12-21)17(23)22-7-6-14-4-2-3-5-15(14)22/h2-5,10-11,16H,6-9,12H2,1H3. The molecular weight excluding hydrogens is 304 g/mol. The molecule has 0 saturated carbocycles. The molecule has 0 bridgehead atoms. The Morgan fingerprint density at radius 3 is 2.83 bits per heavy atom. The van der Waals surface area contributed by atoms with E-state index in [9.17, 15) is 4.79 Å². The van der Waals surface area contributed by atoms with Gasteiger partial charge in [-0.1, -0.05) is 18.2 Å². The third-order valence-electron chi connectivity index (χ3n) is 4.55. The molecule has 0 aliphatic carbocycles. The molecule has 3 heterocycles. The van der Waals surface area contributed by atoms with E-state index in [0.29, 0.717) is 25.6 Å². The lowest BCUT2D eigenvalue weighted by Gasteiger charge is -2.34. The van der Waals surface area contributed by atoms with E-state index in [1.165, 1.54) is 5.56 Å². The van der Waals surface area contributed by atoms with Crippen LogP contribution in [-0.2, 0) is 16.0 Å². The minimum absolute atomic E-state index is 0.0248. The highest BCUT2D eigenvalue weighted by Gasteiger charge is 2.34. The topological polar surface area (TPSA) is 58.6 Å². The monoisotopic (exact) mass is 324 g/mol. The van der Waals surface area contributed by atoms with Crippen LogP contribution in [0.2, 0.25) is 0 Å². The van der Waals surface area contributed by atoms with Crippen LogP contribution in [0.15, 0.2) is 36.7 Å². The molecule has 1 unspecified atom stereocenters. The number of aromatic nitrogens is 2. The van der Waals surface area contributed by atoms with Crippen molar-refractivity contribution in [3.05, 3.63) is 47.8 Å². The van der Waals surface area contributed by atoms with Gasteiger partial charge in [0.1, 0.15) is 0 Å². The summed E-state index contributed by atoms with van der Waals surface area (Å²) in [6, 6.07) is 8.07. The second-order valence-electron chi connectivity index (χ2n) is 6.23. The number of para-hydroxylation sites is 1. The molecule has 24 heavy (non-hydrogen) atoms. The molecule has 124 valence electrons. The second kappa shape index (κ2) is 6.20. The van der Waals surface area contributed by atoms with Crippen molar-refractivity contribution in [2.75, 3.05) is 36.0 Å². The second-order valence-corrected chi connectivity index (χ2v) is 6.23. The van der Waals surface area contributed by atoms with Crippen molar-refractivity contribution in [3.8, 4) is 0 Å². The van der Waals surface area contributed by atoms with Crippen LogP contribution < -0.4 is 9.80 Å². The van der Waals surface area contributed by atoms with E-state index >= 15 is 0 Å². The number of hydrogen-bond donors (Lipinski definition) is 0. The number of fused-ring (bicyclic) bond motifs is 1. The number of aryl methyl sites for hydroxylation is 1. The molecule has 2 aliphatic heterocycles. The van der Waals surface area contributed by atoms with Gasteiger partial charge in [-0.25, -0.2) is 9.97 Å². The molecule has 1 aromatic heterocycles. The Labute approximate surface area is 141 Å². The number of amides is 1. The van der Waals surface area contributed by atoms with E-state index in [4.69, 9.17) is 4.74 Å².